The van der Waals surface area contributed by atoms with Crippen LogP contribution in [0.5, 0.6) is 0 Å². The molecule has 1 atom stereocenters. The monoisotopic (exact) mass is 193 g/mol. The first-order valence-corrected chi connectivity index (χ1v) is 4.66. The maximum Gasteiger partial charge on any atom is 0.304 e. The zero-order chi connectivity index (χ0) is 10.7. The van der Waals surface area contributed by atoms with E-state index in [1.165, 1.54) is 0 Å². The minimum absolute atomic E-state index is 0.0215. The van der Waals surface area contributed by atoms with Crippen LogP contribution in [-0.2, 0) is 4.79 Å². The van der Waals surface area contributed by atoms with Gasteiger partial charge in [0.05, 0.1) is 6.42 Å². The molecule has 1 N–H and O–H groups in total. The van der Waals surface area contributed by atoms with Crippen molar-refractivity contribution in [3.05, 3.63) is 29.1 Å². The fourth-order valence-corrected chi connectivity index (χ4v) is 1.29. The molecular weight excluding hydrogens is 178 g/mol. The summed E-state index contributed by atoms with van der Waals surface area (Å²) in [6.07, 6.45) is 0.134. The largest absolute Gasteiger partial charge is 0.481 e. The third-order valence-corrected chi connectivity index (χ3v) is 2.36. The first-order chi connectivity index (χ1) is 6.50. The van der Waals surface area contributed by atoms with Crippen molar-refractivity contribution >= 4 is 5.97 Å². The number of rotatable bonds is 3. The number of pyridine rings is 1. The number of hydrogen-bond donors (Lipinski definition) is 1. The lowest BCUT2D eigenvalue weighted by atomic mass is 10.0. The summed E-state index contributed by atoms with van der Waals surface area (Å²) in [5, 5.41) is 8.64. The molecule has 0 bridgehead atoms. The molecule has 0 spiro atoms. The normalized spacial score (nSPS) is 12.5. The van der Waals surface area contributed by atoms with Crippen LogP contribution < -0.4 is 0 Å². The minimum Gasteiger partial charge on any atom is -0.481 e. The highest BCUT2D eigenvalue weighted by Crippen LogP contribution is 2.18. The van der Waals surface area contributed by atoms with E-state index in [0.717, 1.165) is 17.0 Å². The zero-order valence-electron chi connectivity index (χ0n) is 8.74. The van der Waals surface area contributed by atoms with Crippen molar-refractivity contribution in [3.63, 3.8) is 0 Å². The molecule has 1 unspecified atom stereocenters. The Balaban J connectivity index is 2.85. The van der Waals surface area contributed by atoms with Gasteiger partial charge in [0.15, 0.2) is 0 Å². The second-order valence-electron chi connectivity index (χ2n) is 3.64. The highest BCUT2D eigenvalue weighted by atomic mass is 16.4. The van der Waals surface area contributed by atoms with Gasteiger partial charge in [0, 0.05) is 17.3 Å². The number of nitrogens with zero attached hydrogens (tertiary/aromatic N) is 1. The van der Waals surface area contributed by atoms with Gasteiger partial charge >= 0.3 is 5.97 Å². The van der Waals surface area contributed by atoms with E-state index in [4.69, 9.17) is 5.11 Å². The molecule has 1 rings (SSSR count). The molecule has 3 heteroatoms. The van der Waals surface area contributed by atoms with E-state index in [2.05, 4.69) is 4.98 Å². The van der Waals surface area contributed by atoms with Crippen LogP contribution in [0.25, 0.3) is 0 Å². The van der Waals surface area contributed by atoms with E-state index < -0.39 is 5.97 Å². The smallest absolute Gasteiger partial charge is 0.304 e. The van der Waals surface area contributed by atoms with E-state index in [0.29, 0.717) is 0 Å². The maximum absolute atomic E-state index is 10.5. The van der Waals surface area contributed by atoms with Crippen LogP contribution in [0.1, 0.15) is 36.2 Å². The molecular formula is C11H15NO2. The van der Waals surface area contributed by atoms with Crippen LogP contribution in [0.2, 0.25) is 0 Å². The Bertz CT molecular complexity index is 347. The fraction of sp³-hybridized carbons (Fsp3) is 0.455. The Labute approximate surface area is 83.8 Å². The molecule has 1 aromatic rings. The molecule has 0 aliphatic heterocycles. The van der Waals surface area contributed by atoms with Crippen LogP contribution in [0.4, 0.5) is 0 Å². The average molecular weight is 193 g/mol. The summed E-state index contributed by atoms with van der Waals surface area (Å²) in [6, 6.07) is 3.88. The second-order valence-corrected chi connectivity index (χ2v) is 3.64. The number of aromatic nitrogens is 1. The lowest BCUT2D eigenvalue weighted by molar-refractivity contribution is -0.137. The summed E-state index contributed by atoms with van der Waals surface area (Å²) in [5.74, 6) is -0.802. The first kappa shape index (κ1) is 10.7. The molecule has 0 radical (unpaired) electrons. The molecule has 0 saturated heterocycles. The third-order valence-electron chi connectivity index (χ3n) is 2.36. The fourth-order valence-electron chi connectivity index (χ4n) is 1.29. The Kier molecular flexibility index (Phi) is 3.23. The lowest BCUT2D eigenvalue weighted by Crippen LogP contribution is -2.05. The molecule has 0 fully saturated rings. The maximum atomic E-state index is 10.5. The van der Waals surface area contributed by atoms with Crippen molar-refractivity contribution in [2.24, 2.45) is 0 Å². The van der Waals surface area contributed by atoms with Crippen LogP contribution in [0.15, 0.2) is 12.1 Å². The van der Waals surface area contributed by atoms with E-state index in [9.17, 15) is 4.79 Å². The summed E-state index contributed by atoms with van der Waals surface area (Å²) in [6.45, 7) is 5.81. The van der Waals surface area contributed by atoms with Gasteiger partial charge in [0.2, 0.25) is 0 Å². The Morgan fingerprint density at radius 1 is 1.50 bits per heavy atom. The topological polar surface area (TPSA) is 50.2 Å². The van der Waals surface area contributed by atoms with Gasteiger partial charge in [-0.05, 0) is 25.5 Å². The van der Waals surface area contributed by atoms with Crippen molar-refractivity contribution in [1.82, 2.24) is 4.98 Å². The summed E-state index contributed by atoms with van der Waals surface area (Å²) < 4.78 is 0. The molecule has 1 aromatic heterocycles. The Morgan fingerprint density at radius 3 is 2.64 bits per heavy atom. The van der Waals surface area contributed by atoms with Crippen LogP contribution in [-0.4, -0.2) is 16.1 Å². The molecule has 0 aromatic carbocycles. The molecule has 0 amide bonds. The quantitative estimate of drug-likeness (QED) is 0.801. The molecule has 0 aliphatic rings. The Hall–Kier alpha value is -1.38. The van der Waals surface area contributed by atoms with E-state index in [1.807, 2.05) is 32.9 Å². The predicted octanol–water partition coefficient (Wildman–Crippen LogP) is 2.28. The highest BCUT2D eigenvalue weighted by Gasteiger charge is 2.11. The van der Waals surface area contributed by atoms with Gasteiger partial charge in [-0.15, -0.1) is 0 Å². The van der Waals surface area contributed by atoms with Crippen molar-refractivity contribution in [2.45, 2.75) is 33.1 Å². The number of aryl methyl sites for hydroxylation is 2. The summed E-state index contributed by atoms with van der Waals surface area (Å²) in [7, 11) is 0. The van der Waals surface area contributed by atoms with E-state index in [-0.39, 0.29) is 12.3 Å². The van der Waals surface area contributed by atoms with Gasteiger partial charge in [-0.25, -0.2) is 0 Å². The van der Waals surface area contributed by atoms with Gasteiger partial charge in [-0.2, -0.15) is 0 Å². The number of aliphatic carboxylic acids is 1. The van der Waals surface area contributed by atoms with Crippen LogP contribution in [0.3, 0.4) is 0 Å². The molecule has 1 heterocycles. The number of hydrogen-bond acceptors (Lipinski definition) is 2. The van der Waals surface area contributed by atoms with Crippen LogP contribution >= 0.6 is 0 Å². The standard InChI is InChI=1S/C11H15NO2/c1-7-4-5-10(12-9(7)3)8(2)6-11(13)14/h4-5,8H,6H2,1-3H3,(H,13,14). The van der Waals surface area contributed by atoms with Crippen LogP contribution in [0, 0.1) is 13.8 Å². The number of carboxylic acid groups (broad SMARTS) is 1. The van der Waals surface area contributed by atoms with Gasteiger partial charge in [0.1, 0.15) is 0 Å². The number of carboxylic acids is 1. The summed E-state index contributed by atoms with van der Waals surface area (Å²) in [5.41, 5.74) is 2.96. The lowest BCUT2D eigenvalue weighted by Gasteiger charge is -2.09. The zero-order valence-corrected chi connectivity index (χ0v) is 8.74. The summed E-state index contributed by atoms with van der Waals surface area (Å²) >= 11 is 0. The molecule has 0 aliphatic carbocycles. The molecule has 76 valence electrons. The Morgan fingerprint density at radius 2 is 2.14 bits per heavy atom. The van der Waals surface area contributed by atoms with Gasteiger partial charge in [0.25, 0.3) is 0 Å². The molecule has 14 heavy (non-hydrogen) atoms. The van der Waals surface area contributed by atoms with E-state index in [1.54, 1.807) is 0 Å². The second kappa shape index (κ2) is 4.22. The predicted molar refractivity (Wildman–Crippen MR) is 54.4 cm³/mol. The molecule has 3 nitrogen and oxygen atoms in total. The molecule has 0 saturated carbocycles. The van der Waals surface area contributed by atoms with Gasteiger partial charge in [-0.1, -0.05) is 13.0 Å². The van der Waals surface area contributed by atoms with Gasteiger partial charge < -0.3 is 5.11 Å². The van der Waals surface area contributed by atoms with Crippen molar-refractivity contribution in [1.29, 1.82) is 0 Å². The van der Waals surface area contributed by atoms with E-state index >= 15 is 0 Å². The first-order valence-electron chi connectivity index (χ1n) is 4.66. The van der Waals surface area contributed by atoms with Crippen molar-refractivity contribution in [2.75, 3.05) is 0 Å². The number of carbonyl (C=O) groups is 1. The highest BCUT2D eigenvalue weighted by molar-refractivity contribution is 5.67. The third kappa shape index (κ3) is 2.55. The average Bonchev–Trinajstić information content (AvgIpc) is 2.08. The van der Waals surface area contributed by atoms with Gasteiger partial charge in [-0.3, -0.25) is 9.78 Å². The summed E-state index contributed by atoms with van der Waals surface area (Å²) in [4.78, 5) is 14.9. The SMILES string of the molecule is Cc1ccc(C(C)CC(=O)O)nc1C. The van der Waals surface area contributed by atoms with Crippen molar-refractivity contribution < 1.29 is 9.90 Å². The minimum atomic E-state index is -0.780. The van der Waals surface area contributed by atoms with Crippen molar-refractivity contribution in [3.8, 4) is 0 Å².